The predicted octanol–water partition coefficient (Wildman–Crippen LogP) is 0.0728. The van der Waals surface area contributed by atoms with Gasteiger partial charge in [0.1, 0.15) is 0 Å². The molecule has 6 nitrogen and oxygen atoms in total. The highest BCUT2D eigenvalue weighted by Gasteiger charge is 2.45. The summed E-state index contributed by atoms with van der Waals surface area (Å²) in [7, 11) is -3.80. The lowest BCUT2D eigenvalue weighted by Crippen LogP contribution is -2.50. The van der Waals surface area contributed by atoms with E-state index in [9.17, 15) is 18.0 Å². The lowest BCUT2D eigenvalue weighted by atomic mass is 10.2. The van der Waals surface area contributed by atoms with E-state index in [2.05, 4.69) is 25.3 Å². The molecule has 0 amide bonds. The van der Waals surface area contributed by atoms with Gasteiger partial charge < -0.3 is 0 Å². The van der Waals surface area contributed by atoms with Crippen LogP contribution in [-0.2, 0) is 19.8 Å². The summed E-state index contributed by atoms with van der Waals surface area (Å²) in [5, 5.41) is -0.900. The maximum atomic E-state index is 12.5. The molecule has 0 unspecified atom stereocenters. The highest BCUT2D eigenvalue weighted by atomic mass is 32.2. The molecule has 0 radical (unpaired) electrons. The van der Waals surface area contributed by atoms with Gasteiger partial charge in [-0.05, 0) is 25.7 Å². The number of hydrogen-bond donors (Lipinski definition) is 2. The molecule has 0 aromatic carbocycles. The summed E-state index contributed by atoms with van der Waals surface area (Å²) in [6.45, 7) is 0.590. The van der Waals surface area contributed by atoms with Crippen molar-refractivity contribution in [1.82, 2.24) is 8.61 Å². The van der Waals surface area contributed by atoms with Gasteiger partial charge in [0.05, 0.1) is 12.1 Å². The summed E-state index contributed by atoms with van der Waals surface area (Å²) < 4.78 is 27.4. The van der Waals surface area contributed by atoms with Crippen LogP contribution in [0.4, 0.5) is 0 Å². The van der Waals surface area contributed by atoms with Gasteiger partial charge in [0, 0.05) is 13.1 Å². The van der Waals surface area contributed by atoms with Crippen LogP contribution in [0.2, 0.25) is 0 Å². The Labute approximate surface area is 123 Å². The van der Waals surface area contributed by atoms with E-state index in [-0.39, 0.29) is 0 Å². The molecule has 2 aliphatic heterocycles. The van der Waals surface area contributed by atoms with Crippen LogP contribution in [0.1, 0.15) is 25.7 Å². The first kappa shape index (κ1) is 15.3. The third-order valence-electron chi connectivity index (χ3n) is 3.57. The van der Waals surface area contributed by atoms with Crippen molar-refractivity contribution < 1.29 is 18.0 Å². The Morgan fingerprint density at radius 2 is 1.26 bits per heavy atom. The molecule has 0 bridgehead atoms. The van der Waals surface area contributed by atoms with Crippen molar-refractivity contribution in [3.8, 4) is 0 Å². The third-order valence-corrected chi connectivity index (χ3v) is 6.23. The van der Waals surface area contributed by atoms with Crippen molar-refractivity contribution in [2.45, 2.75) is 37.8 Å². The van der Waals surface area contributed by atoms with E-state index in [1.165, 1.54) is 0 Å². The van der Waals surface area contributed by atoms with Gasteiger partial charge in [-0.25, -0.2) is 0 Å². The highest BCUT2D eigenvalue weighted by molar-refractivity contribution is 7.97. The average Bonchev–Trinajstić information content (AvgIpc) is 2.98. The number of carbonyl (C=O) groups excluding carboxylic acids is 2. The van der Waals surface area contributed by atoms with Gasteiger partial charge >= 0.3 is 0 Å². The molecule has 2 atom stereocenters. The van der Waals surface area contributed by atoms with Gasteiger partial charge in [0.25, 0.3) is 10.2 Å². The van der Waals surface area contributed by atoms with Gasteiger partial charge in [-0.3, -0.25) is 9.59 Å². The number of carbonyl (C=O) groups is 2. The Morgan fingerprint density at radius 3 is 1.58 bits per heavy atom. The van der Waals surface area contributed by atoms with E-state index in [0.717, 1.165) is 8.61 Å². The zero-order chi connectivity index (χ0) is 14.2. The molecule has 108 valence electrons. The van der Waals surface area contributed by atoms with Gasteiger partial charge in [-0.1, -0.05) is 0 Å². The van der Waals surface area contributed by atoms with Gasteiger partial charge in [0.15, 0.2) is 0 Å². The topological polar surface area (TPSA) is 74.8 Å². The second-order valence-corrected chi connectivity index (χ2v) is 7.44. The molecule has 2 saturated heterocycles. The molecule has 9 heteroatoms. The molecule has 0 spiro atoms. The Hall–Kier alpha value is -0.0900. The zero-order valence-electron chi connectivity index (χ0n) is 10.2. The maximum Gasteiger partial charge on any atom is 0.283 e. The zero-order valence-corrected chi connectivity index (χ0v) is 12.8. The highest BCUT2D eigenvalue weighted by Crippen LogP contribution is 2.30. The van der Waals surface area contributed by atoms with Crippen LogP contribution in [0.25, 0.3) is 0 Å². The van der Waals surface area contributed by atoms with Crippen molar-refractivity contribution in [2.75, 3.05) is 13.1 Å². The van der Waals surface area contributed by atoms with Gasteiger partial charge in [-0.15, -0.1) is 25.3 Å². The predicted molar refractivity (Wildman–Crippen MR) is 76.4 cm³/mol. The van der Waals surface area contributed by atoms with Crippen LogP contribution in [0.15, 0.2) is 0 Å². The van der Waals surface area contributed by atoms with Crippen LogP contribution >= 0.6 is 25.3 Å². The monoisotopic (exact) mass is 324 g/mol. The summed E-state index contributed by atoms with van der Waals surface area (Å²) in [4.78, 5) is 22.8. The molecule has 0 aromatic heterocycles. The molecule has 0 N–H and O–H groups in total. The number of rotatable bonds is 4. The molecule has 2 aliphatic rings. The SMILES string of the molecule is O=C(S)[C@@H]1CCCN1S(=O)(=O)N1CCC[C@H]1C(=O)S. The quantitative estimate of drug-likeness (QED) is 0.718. The lowest BCUT2D eigenvalue weighted by molar-refractivity contribution is -0.113. The van der Waals surface area contributed by atoms with Crippen LogP contribution in [-0.4, -0.2) is 52.4 Å². The Bertz CT molecular complexity index is 455. The lowest BCUT2D eigenvalue weighted by Gasteiger charge is -2.29. The van der Waals surface area contributed by atoms with Crippen LogP contribution in [0, 0.1) is 0 Å². The summed E-state index contributed by atoms with van der Waals surface area (Å²) in [5.74, 6) is 0. The minimum Gasteiger partial charge on any atom is -0.286 e. The second-order valence-electron chi connectivity index (χ2n) is 4.72. The van der Waals surface area contributed by atoms with E-state index in [1.807, 2.05) is 0 Å². The Kier molecular flexibility index (Phi) is 4.61. The second kappa shape index (κ2) is 5.72. The molecule has 2 heterocycles. The van der Waals surface area contributed by atoms with E-state index in [1.54, 1.807) is 0 Å². The Morgan fingerprint density at radius 1 is 0.895 bits per heavy atom. The first-order valence-electron chi connectivity index (χ1n) is 6.10. The average molecular weight is 324 g/mol. The van der Waals surface area contributed by atoms with Crippen molar-refractivity contribution in [3.05, 3.63) is 0 Å². The standard InChI is InChI=1S/C10H16N2O4S3/c13-9(17)7-3-1-5-11(7)19(15,16)12-6-2-4-8(12)10(14)18/h7-8H,1-6H2,(H,13,17)(H,14,18)/t7-,8-/m0/s1. The number of nitrogens with zero attached hydrogens (tertiary/aromatic N) is 2. The van der Waals surface area contributed by atoms with Gasteiger partial charge in [0.2, 0.25) is 10.2 Å². The van der Waals surface area contributed by atoms with E-state index >= 15 is 0 Å². The minimum atomic E-state index is -3.80. The van der Waals surface area contributed by atoms with E-state index in [4.69, 9.17) is 0 Å². The molecular weight excluding hydrogens is 308 g/mol. The minimum absolute atomic E-state index is 0.295. The molecular formula is C10H16N2O4S3. The van der Waals surface area contributed by atoms with Gasteiger partial charge in [-0.2, -0.15) is 17.0 Å². The smallest absolute Gasteiger partial charge is 0.283 e. The summed E-state index contributed by atoms with van der Waals surface area (Å²) in [5.41, 5.74) is 0. The van der Waals surface area contributed by atoms with E-state index < -0.39 is 32.5 Å². The first-order valence-corrected chi connectivity index (χ1v) is 8.39. The largest absolute Gasteiger partial charge is 0.286 e. The normalized spacial score (nSPS) is 29.8. The van der Waals surface area contributed by atoms with Crippen molar-refractivity contribution in [2.24, 2.45) is 0 Å². The maximum absolute atomic E-state index is 12.5. The van der Waals surface area contributed by atoms with Crippen LogP contribution in [0.5, 0.6) is 0 Å². The van der Waals surface area contributed by atoms with E-state index in [0.29, 0.717) is 38.8 Å². The van der Waals surface area contributed by atoms with Crippen LogP contribution in [0.3, 0.4) is 0 Å². The summed E-state index contributed by atoms with van der Waals surface area (Å²) in [6.07, 6.45) is 2.22. The third kappa shape index (κ3) is 2.85. The summed E-state index contributed by atoms with van der Waals surface area (Å²) >= 11 is 7.49. The fourth-order valence-corrected chi connectivity index (χ4v) is 5.39. The van der Waals surface area contributed by atoms with Crippen molar-refractivity contribution in [1.29, 1.82) is 0 Å². The fourth-order valence-electron chi connectivity index (χ4n) is 2.66. The molecule has 0 aromatic rings. The molecule has 0 aliphatic carbocycles. The van der Waals surface area contributed by atoms with Crippen LogP contribution < -0.4 is 0 Å². The van der Waals surface area contributed by atoms with Crippen molar-refractivity contribution >= 4 is 45.7 Å². The first-order chi connectivity index (χ1) is 8.85. The molecule has 19 heavy (non-hydrogen) atoms. The van der Waals surface area contributed by atoms with Crippen molar-refractivity contribution in [3.63, 3.8) is 0 Å². The fraction of sp³-hybridized carbons (Fsp3) is 0.800. The molecule has 2 rings (SSSR count). The number of thiol groups is 2. The number of hydrogen-bond acceptors (Lipinski definition) is 4. The molecule has 0 saturated carbocycles. The Balaban J connectivity index is 2.27. The summed E-state index contributed by atoms with van der Waals surface area (Å²) in [6, 6.07) is -1.44. The molecule has 2 fully saturated rings.